The van der Waals surface area contributed by atoms with Crippen LogP contribution >= 0.6 is 0 Å². The van der Waals surface area contributed by atoms with Crippen molar-refractivity contribution in [3.05, 3.63) is 45.6 Å². The predicted molar refractivity (Wildman–Crippen MR) is 84.2 cm³/mol. The number of alkyl halides is 3. The topological polar surface area (TPSA) is 99.3 Å². The van der Waals surface area contributed by atoms with Gasteiger partial charge in [-0.15, -0.1) is 5.10 Å². The smallest absolute Gasteiger partial charge is 0.416 e. The third-order valence-electron chi connectivity index (χ3n) is 3.17. The molecule has 0 fully saturated rings. The van der Waals surface area contributed by atoms with E-state index in [9.17, 15) is 28.1 Å². The monoisotopic (exact) mass is 372 g/mol. The van der Waals surface area contributed by atoms with Crippen LogP contribution in [0.3, 0.4) is 0 Å². The number of aromatic nitrogens is 2. The molecule has 1 N–H and O–H groups in total. The van der Waals surface area contributed by atoms with Crippen molar-refractivity contribution in [3.8, 4) is 11.6 Å². The molecule has 0 aliphatic rings. The Hall–Kier alpha value is -3.11. The van der Waals surface area contributed by atoms with Crippen molar-refractivity contribution < 1.29 is 27.6 Å². The maximum Gasteiger partial charge on any atom is 0.416 e. The Morgan fingerprint density at radius 2 is 2.00 bits per heavy atom. The lowest BCUT2D eigenvalue weighted by atomic mass is 10.2. The third-order valence-corrected chi connectivity index (χ3v) is 3.17. The predicted octanol–water partition coefficient (Wildman–Crippen LogP) is 3.88. The highest BCUT2D eigenvalue weighted by atomic mass is 19.4. The molecule has 0 saturated heterocycles. The molecular formula is C15H15F3N4O4. The van der Waals surface area contributed by atoms with E-state index in [4.69, 9.17) is 4.74 Å². The van der Waals surface area contributed by atoms with Crippen molar-refractivity contribution in [2.75, 3.05) is 0 Å². The van der Waals surface area contributed by atoms with Gasteiger partial charge in [0, 0.05) is 18.2 Å². The van der Waals surface area contributed by atoms with Gasteiger partial charge in [-0.25, -0.2) is 4.79 Å². The first-order valence-corrected chi connectivity index (χ1v) is 7.40. The molecule has 0 saturated carbocycles. The first-order valence-electron chi connectivity index (χ1n) is 7.40. The molecule has 1 aromatic heterocycles. The molecule has 11 heteroatoms. The van der Waals surface area contributed by atoms with Gasteiger partial charge < -0.3 is 10.1 Å². The van der Waals surface area contributed by atoms with Crippen LogP contribution in [0.2, 0.25) is 0 Å². The second-order valence-corrected chi connectivity index (χ2v) is 5.68. The zero-order valence-electron chi connectivity index (χ0n) is 14.0. The van der Waals surface area contributed by atoms with Gasteiger partial charge in [-0.2, -0.15) is 17.9 Å². The number of ether oxygens (including phenoxy) is 1. The van der Waals surface area contributed by atoms with Crippen molar-refractivity contribution in [2.24, 2.45) is 0 Å². The summed E-state index contributed by atoms with van der Waals surface area (Å²) >= 11 is 0. The van der Waals surface area contributed by atoms with E-state index >= 15 is 0 Å². The van der Waals surface area contributed by atoms with E-state index in [2.05, 4.69) is 10.4 Å². The van der Waals surface area contributed by atoms with Crippen LogP contribution in [-0.2, 0) is 6.18 Å². The molecule has 2 aromatic rings. The van der Waals surface area contributed by atoms with Crippen LogP contribution in [-0.4, -0.2) is 26.8 Å². The minimum Gasteiger partial charge on any atom is -0.430 e. The van der Waals surface area contributed by atoms with E-state index in [1.165, 1.54) is 6.07 Å². The van der Waals surface area contributed by atoms with Crippen LogP contribution < -0.4 is 10.1 Å². The zero-order valence-corrected chi connectivity index (χ0v) is 14.0. The van der Waals surface area contributed by atoms with Crippen LogP contribution in [0.4, 0.5) is 23.7 Å². The number of carbonyl (C=O) groups is 1. The molecule has 0 radical (unpaired) electrons. The normalized spacial score (nSPS) is 11.5. The first-order chi connectivity index (χ1) is 12.0. The van der Waals surface area contributed by atoms with Crippen molar-refractivity contribution in [1.82, 2.24) is 15.1 Å². The van der Waals surface area contributed by atoms with Crippen molar-refractivity contribution in [1.29, 1.82) is 0 Å². The average molecular weight is 372 g/mol. The van der Waals surface area contributed by atoms with Crippen molar-refractivity contribution in [2.45, 2.75) is 33.0 Å². The molecular weight excluding hydrogens is 357 g/mol. The lowest BCUT2D eigenvalue weighted by Gasteiger charge is -2.09. The van der Waals surface area contributed by atoms with Crippen molar-refractivity contribution >= 4 is 11.7 Å². The number of nitro groups is 1. The molecule has 1 amide bonds. The maximum atomic E-state index is 12.7. The van der Waals surface area contributed by atoms with E-state index in [1.54, 1.807) is 20.8 Å². The number of nitrogens with zero attached hydrogens (tertiary/aromatic N) is 3. The van der Waals surface area contributed by atoms with Gasteiger partial charge in [0.1, 0.15) is 0 Å². The lowest BCUT2D eigenvalue weighted by molar-refractivity contribution is -0.385. The molecule has 0 bridgehead atoms. The van der Waals surface area contributed by atoms with E-state index in [1.807, 2.05) is 0 Å². The standard InChI is InChI=1S/C15H15F3N4O4/c1-8(2)19-14(23)21-9(3)6-13(20-21)26-12-5-4-10(15(16,17)18)7-11(12)22(24)25/h4-8H,1-3H3,(H,19,23). The number of halogens is 3. The van der Waals surface area contributed by atoms with Gasteiger partial charge >= 0.3 is 17.9 Å². The Morgan fingerprint density at radius 3 is 2.54 bits per heavy atom. The highest BCUT2D eigenvalue weighted by Crippen LogP contribution is 2.37. The fourth-order valence-electron chi connectivity index (χ4n) is 2.05. The van der Waals surface area contributed by atoms with Crippen molar-refractivity contribution in [3.63, 3.8) is 0 Å². The highest BCUT2D eigenvalue weighted by Gasteiger charge is 2.33. The van der Waals surface area contributed by atoms with Crippen LogP contribution in [0.5, 0.6) is 11.6 Å². The second-order valence-electron chi connectivity index (χ2n) is 5.68. The van der Waals surface area contributed by atoms with Crippen LogP contribution in [0.1, 0.15) is 25.1 Å². The lowest BCUT2D eigenvalue weighted by Crippen LogP contribution is -2.35. The molecule has 1 heterocycles. The number of nitro benzene ring substituents is 1. The summed E-state index contributed by atoms with van der Waals surface area (Å²) in [7, 11) is 0. The summed E-state index contributed by atoms with van der Waals surface area (Å²) in [4.78, 5) is 22.0. The molecule has 26 heavy (non-hydrogen) atoms. The molecule has 140 valence electrons. The van der Waals surface area contributed by atoms with Gasteiger partial charge in [0.25, 0.3) is 0 Å². The summed E-state index contributed by atoms with van der Waals surface area (Å²) in [6.45, 7) is 5.06. The van der Waals surface area contributed by atoms with Gasteiger partial charge in [0.15, 0.2) is 0 Å². The van der Waals surface area contributed by atoms with Gasteiger partial charge in [-0.05, 0) is 32.9 Å². The van der Waals surface area contributed by atoms with E-state index < -0.39 is 34.1 Å². The molecule has 0 spiro atoms. The van der Waals surface area contributed by atoms with Crippen LogP contribution in [0.25, 0.3) is 0 Å². The Balaban J connectivity index is 2.34. The van der Waals surface area contributed by atoms with E-state index in [-0.39, 0.29) is 11.9 Å². The number of aryl methyl sites for hydroxylation is 1. The van der Waals surface area contributed by atoms with Gasteiger partial charge in [-0.3, -0.25) is 10.1 Å². The van der Waals surface area contributed by atoms with Crippen LogP contribution in [0.15, 0.2) is 24.3 Å². The summed E-state index contributed by atoms with van der Waals surface area (Å²) in [5, 5.41) is 17.5. The first kappa shape index (κ1) is 19.2. The maximum absolute atomic E-state index is 12.7. The summed E-state index contributed by atoms with van der Waals surface area (Å²) in [6, 6.07) is 2.54. The summed E-state index contributed by atoms with van der Waals surface area (Å²) < 4.78 is 44.4. The quantitative estimate of drug-likeness (QED) is 0.649. The van der Waals surface area contributed by atoms with Crippen LogP contribution in [0, 0.1) is 17.0 Å². The second kappa shape index (κ2) is 7.02. The number of carbonyl (C=O) groups excluding carboxylic acids is 1. The van der Waals surface area contributed by atoms with Gasteiger partial charge in [0.05, 0.1) is 16.2 Å². The van der Waals surface area contributed by atoms with Gasteiger partial charge in [0.2, 0.25) is 11.6 Å². The Kier molecular flexibility index (Phi) is 5.19. The fourth-order valence-corrected chi connectivity index (χ4v) is 2.05. The summed E-state index contributed by atoms with van der Waals surface area (Å²) in [5.74, 6) is -0.582. The molecule has 1 aromatic carbocycles. The van der Waals surface area contributed by atoms with Gasteiger partial charge in [-0.1, -0.05) is 0 Å². The molecule has 2 rings (SSSR count). The Morgan fingerprint density at radius 1 is 1.35 bits per heavy atom. The largest absolute Gasteiger partial charge is 0.430 e. The average Bonchev–Trinajstić information content (AvgIpc) is 2.86. The minimum atomic E-state index is -4.73. The summed E-state index contributed by atoms with van der Waals surface area (Å²) in [5.41, 5.74) is -1.65. The number of nitrogens with one attached hydrogen (secondary N) is 1. The minimum absolute atomic E-state index is 0.147. The Bertz CT molecular complexity index is 846. The fraction of sp³-hybridized carbons (Fsp3) is 0.333. The Labute approximate surface area is 145 Å². The van der Waals surface area contributed by atoms with E-state index in [0.29, 0.717) is 17.8 Å². The SMILES string of the molecule is Cc1cc(Oc2ccc(C(F)(F)F)cc2[N+](=O)[O-])nn1C(=O)NC(C)C. The number of hydrogen-bond donors (Lipinski definition) is 1. The number of hydrogen-bond acceptors (Lipinski definition) is 5. The summed E-state index contributed by atoms with van der Waals surface area (Å²) in [6.07, 6.45) is -4.73. The molecule has 0 aliphatic heterocycles. The molecule has 0 unspecified atom stereocenters. The molecule has 8 nitrogen and oxygen atoms in total. The molecule has 0 atom stereocenters. The zero-order chi connectivity index (χ0) is 19.6. The molecule has 0 aliphatic carbocycles. The van der Waals surface area contributed by atoms with E-state index in [0.717, 1.165) is 10.7 Å². The number of amides is 1. The highest BCUT2D eigenvalue weighted by molar-refractivity contribution is 5.77. The number of rotatable bonds is 4. The number of benzene rings is 1. The third kappa shape index (κ3) is 4.29.